The minimum atomic E-state index is -1.08. The first-order valence-corrected chi connectivity index (χ1v) is 12.6. The van der Waals surface area contributed by atoms with Crippen molar-refractivity contribution in [3.63, 3.8) is 0 Å². The second-order valence-corrected chi connectivity index (χ2v) is 9.82. The number of rotatable bonds is 12. The molecule has 0 saturated carbocycles. The van der Waals surface area contributed by atoms with Gasteiger partial charge in [0.15, 0.2) is 5.54 Å². The molecule has 0 radical (unpaired) electrons. The van der Waals surface area contributed by atoms with Crippen LogP contribution < -0.4 is 4.74 Å². The molecular weight excluding hydrogens is 446 g/mol. The molecule has 4 heteroatoms. The van der Waals surface area contributed by atoms with Crippen LogP contribution in [-0.2, 0) is 9.53 Å². The van der Waals surface area contributed by atoms with Crippen LogP contribution in [0.3, 0.4) is 0 Å². The van der Waals surface area contributed by atoms with Crippen LogP contribution in [0.4, 0.5) is 0 Å². The summed E-state index contributed by atoms with van der Waals surface area (Å²) >= 11 is 0. The highest BCUT2D eigenvalue weighted by Crippen LogP contribution is 2.31. The van der Waals surface area contributed by atoms with Crippen LogP contribution in [0, 0.1) is 0 Å². The Morgan fingerprint density at radius 2 is 1.36 bits per heavy atom. The molecule has 0 saturated heterocycles. The monoisotopic (exact) mass is 483 g/mol. The quantitative estimate of drug-likeness (QED) is 0.116. The van der Waals surface area contributed by atoms with Crippen LogP contribution in [0.1, 0.15) is 57.6 Å². The number of allylic oxidation sites excluding steroid dienone is 1. The van der Waals surface area contributed by atoms with E-state index in [9.17, 15) is 4.79 Å². The lowest BCUT2D eigenvalue weighted by atomic mass is 9.87. The van der Waals surface area contributed by atoms with Gasteiger partial charge in [0.2, 0.25) is 0 Å². The number of carbonyl (C=O) groups is 1. The van der Waals surface area contributed by atoms with Crippen LogP contribution >= 0.6 is 0 Å². The predicted molar refractivity (Wildman–Crippen MR) is 148 cm³/mol. The molecule has 188 valence electrons. The highest BCUT2D eigenvalue weighted by atomic mass is 16.6. The average Bonchev–Trinajstić information content (AvgIpc) is 2.88. The van der Waals surface area contributed by atoms with E-state index in [0.29, 0.717) is 32.3 Å². The normalized spacial score (nSPS) is 12.8. The molecule has 0 N–H and O–H groups in total. The van der Waals surface area contributed by atoms with Crippen molar-refractivity contribution in [3.8, 4) is 5.75 Å². The van der Waals surface area contributed by atoms with Crippen molar-refractivity contribution in [2.45, 2.75) is 57.6 Å². The first-order chi connectivity index (χ1) is 17.3. The fourth-order valence-corrected chi connectivity index (χ4v) is 3.97. The van der Waals surface area contributed by atoms with Crippen LogP contribution in [0.25, 0.3) is 0 Å². The molecule has 3 aromatic rings. The number of hydrogen-bond acceptors (Lipinski definition) is 4. The van der Waals surface area contributed by atoms with E-state index in [1.54, 1.807) is 0 Å². The Kier molecular flexibility index (Phi) is 9.63. The van der Waals surface area contributed by atoms with Crippen molar-refractivity contribution in [2.24, 2.45) is 4.99 Å². The van der Waals surface area contributed by atoms with Gasteiger partial charge in [-0.1, -0.05) is 84.9 Å². The topological polar surface area (TPSA) is 47.9 Å². The summed E-state index contributed by atoms with van der Waals surface area (Å²) in [5, 5.41) is 0. The summed E-state index contributed by atoms with van der Waals surface area (Å²) in [6.07, 6.45) is 4.11. The molecule has 3 aromatic carbocycles. The molecule has 0 fully saturated rings. The number of esters is 1. The Labute approximate surface area is 215 Å². The maximum Gasteiger partial charge on any atom is 0.334 e. The highest BCUT2D eigenvalue weighted by Gasteiger charge is 2.41. The molecule has 4 nitrogen and oxygen atoms in total. The number of nitrogens with zero attached hydrogens (tertiary/aromatic N) is 1. The Morgan fingerprint density at radius 1 is 0.833 bits per heavy atom. The summed E-state index contributed by atoms with van der Waals surface area (Å²) in [5.74, 6) is 0.491. The third-order valence-electron chi connectivity index (χ3n) is 5.71. The molecule has 0 aromatic heterocycles. The summed E-state index contributed by atoms with van der Waals surface area (Å²) < 4.78 is 11.9. The van der Waals surface area contributed by atoms with Gasteiger partial charge in [-0.25, -0.2) is 4.79 Å². The summed E-state index contributed by atoms with van der Waals surface area (Å²) in [4.78, 5) is 19.1. The minimum absolute atomic E-state index is 0.319. The van der Waals surface area contributed by atoms with E-state index < -0.39 is 11.1 Å². The number of aliphatic imine (C=N–C) groups is 1. The second-order valence-electron chi connectivity index (χ2n) is 9.82. The van der Waals surface area contributed by atoms with Gasteiger partial charge in [-0.15, -0.1) is 6.58 Å². The highest BCUT2D eigenvalue weighted by molar-refractivity contribution is 6.13. The van der Waals surface area contributed by atoms with Crippen LogP contribution in [0.15, 0.2) is 109 Å². The minimum Gasteiger partial charge on any atom is -0.494 e. The Bertz CT molecular complexity index is 1080. The van der Waals surface area contributed by atoms with E-state index in [0.717, 1.165) is 22.6 Å². The zero-order chi connectivity index (χ0) is 25.9. The molecule has 1 unspecified atom stereocenters. The number of ether oxygens (including phenoxy) is 2. The number of carbonyl (C=O) groups excluding carboxylic acids is 1. The van der Waals surface area contributed by atoms with Gasteiger partial charge in [0.1, 0.15) is 11.4 Å². The summed E-state index contributed by atoms with van der Waals surface area (Å²) in [5.41, 5.74) is 0.969. The molecule has 36 heavy (non-hydrogen) atoms. The van der Waals surface area contributed by atoms with Crippen LogP contribution in [0.2, 0.25) is 0 Å². The smallest absolute Gasteiger partial charge is 0.334 e. The third-order valence-corrected chi connectivity index (χ3v) is 5.71. The van der Waals surface area contributed by atoms with Crippen molar-refractivity contribution in [3.05, 3.63) is 115 Å². The lowest BCUT2D eigenvalue weighted by Crippen LogP contribution is -2.43. The number of benzene rings is 3. The Morgan fingerprint density at radius 3 is 1.86 bits per heavy atom. The van der Waals surface area contributed by atoms with E-state index in [-0.39, 0.29) is 5.97 Å². The van der Waals surface area contributed by atoms with E-state index in [1.165, 1.54) is 0 Å². The first-order valence-electron chi connectivity index (χ1n) is 12.6. The molecule has 0 bridgehead atoms. The molecule has 1 atom stereocenters. The fourth-order valence-electron chi connectivity index (χ4n) is 3.97. The SMILES string of the molecule is C=CCCC(CCCOc1ccccc1)(N=C(c1ccccc1)c1ccccc1)C(=O)OC(C)(C)C. The third kappa shape index (κ3) is 7.94. The van der Waals surface area contributed by atoms with E-state index in [4.69, 9.17) is 14.5 Å². The Hall–Kier alpha value is -3.66. The zero-order valence-corrected chi connectivity index (χ0v) is 21.7. The summed E-state index contributed by atoms with van der Waals surface area (Å²) in [7, 11) is 0. The number of hydrogen-bond donors (Lipinski definition) is 0. The molecule has 0 spiro atoms. The van der Waals surface area contributed by atoms with Crippen molar-refractivity contribution in [1.82, 2.24) is 0 Å². The van der Waals surface area contributed by atoms with E-state index in [2.05, 4.69) is 6.58 Å². The lowest BCUT2D eigenvalue weighted by molar-refractivity contribution is -0.162. The molecule has 0 heterocycles. The molecule has 0 aliphatic carbocycles. The van der Waals surface area contributed by atoms with Gasteiger partial charge >= 0.3 is 5.97 Å². The van der Waals surface area contributed by atoms with Crippen molar-refractivity contribution >= 4 is 11.7 Å². The van der Waals surface area contributed by atoms with Gasteiger partial charge in [-0.05, 0) is 58.6 Å². The van der Waals surface area contributed by atoms with Gasteiger partial charge in [0.25, 0.3) is 0 Å². The van der Waals surface area contributed by atoms with Gasteiger partial charge in [0.05, 0.1) is 12.3 Å². The molecular formula is C32H37NO3. The van der Waals surface area contributed by atoms with Gasteiger partial charge in [-0.2, -0.15) is 0 Å². The molecule has 0 aliphatic heterocycles. The first kappa shape index (κ1) is 26.9. The summed E-state index contributed by atoms with van der Waals surface area (Å²) in [6, 6.07) is 29.7. The summed E-state index contributed by atoms with van der Waals surface area (Å²) in [6.45, 7) is 10.0. The molecule has 0 aliphatic rings. The average molecular weight is 484 g/mol. The van der Waals surface area contributed by atoms with Crippen molar-refractivity contribution in [1.29, 1.82) is 0 Å². The van der Waals surface area contributed by atoms with Crippen molar-refractivity contribution in [2.75, 3.05) is 6.61 Å². The second kappa shape index (κ2) is 12.9. The Balaban J connectivity index is 2.03. The van der Waals surface area contributed by atoms with Crippen LogP contribution in [-0.4, -0.2) is 29.4 Å². The lowest BCUT2D eigenvalue weighted by Gasteiger charge is -2.32. The zero-order valence-electron chi connectivity index (χ0n) is 21.7. The van der Waals surface area contributed by atoms with Crippen molar-refractivity contribution < 1.29 is 14.3 Å². The van der Waals surface area contributed by atoms with Crippen LogP contribution in [0.5, 0.6) is 5.75 Å². The fraction of sp³-hybridized carbons (Fsp3) is 0.312. The van der Waals surface area contributed by atoms with Gasteiger partial charge in [-0.3, -0.25) is 4.99 Å². The number of para-hydroxylation sites is 1. The van der Waals surface area contributed by atoms with E-state index in [1.807, 2.05) is 118 Å². The maximum absolute atomic E-state index is 13.8. The molecule has 0 amide bonds. The van der Waals surface area contributed by atoms with E-state index >= 15 is 0 Å². The predicted octanol–water partition coefficient (Wildman–Crippen LogP) is 7.43. The standard InChI is InChI=1S/C32H37NO3/c1-5-6-23-32(30(34)36-31(2,3)4,24-16-25-35-28-21-14-9-15-22-28)33-29(26-17-10-7-11-18-26)27-19-12-8-13-20-27/h5,7-15,17-22H,1,6,16,23-25H2,2-4H3. The van der Waals surface area contributed by atoms with Gasteiger partial charge < -0.3 is 9.47 Å². The maximum atomic E-state index is 13.8. The van der Waals surface area contributed by atoms with Gasteiger partial charge in [0, 0.05) is 11.1 Å². The molecule has 3 rings (SSSR count). The largest absolute Gasteiger partial charge is 0.494 e.